The van der Waals surface area contributed by atoms with Gasteiger partial charge in [0, 0.05) is 6.54 Å². The Balaban J connectivity index is 1.98. The minimum absolute atomic E-state index is 0.841. The van der Waals surface area contributed by atoms with Gasteiger partial charge in [0.05, 0.1) is 6.54 Å². The molecule has 20 heavy (non-hydrogen) atoms. The van der Waals surface area contributed by atoms with Crippen molar-refractivity contribution in [3.8, 4) is 0 Å². The van der Waals surface area contributed by atoms with Gasteiger partial charge in [-0.1, -0.05) is 24.3 Å². The van der Waals surface area contributed by atoms with Gasteiger partial charge in [-0.15, -0.1) is 0 Å². The second-order valence-corrected chi connectivity index (χ2v) is 5.31. The van der Waals surface area contributed by atoms with Gasteiger partial charge in [-0.2, -0.15) is 0 Å². The maximum atomic E-state index is 5.64. The lowest BCUT2D eigenvalue weighted by atomic mass is 10.0. The van der Waals surface area contributed by atoms with Gasteiger partial charge < -0.3 is 9.73 Å². The fourth-order valence-electron chi connectivity index (χ4n) is 2.40. The Labute approximate surface area is 121 Å². The zero-order valence-corrected chi connectivity index (χ0v) is 12.6. The molecule has 1 heterocycles. The van der Waals surface area contributed by atoms with E-state index in [9.17, 15) is 0 Å². The number of aryl methyl sites for hydroxylation is 1. The summed E-state index contributed by atoms with van der Waals surface area (Å²) in [5, 5.41) is 3.21. The molecule has 108 valence electrons. The van der Waals surface area contributed by atoms with Gasteiger partial charge in [-0.3, -0.25) is 4.90 Å². The normalized spacial score (nSPS) is 11.2. The molecule has 0 saturated heterocycles. The fourth-order valence-corrected chi connectivity index (χ4v) is 2.40. The van der Waals surface area contributed by atoms with Crippen molar-refractivity contribution in [3.63, 3.8) is 0 Å². The molecule has 0 aliphatic heterocycles. The highest BCUT2D eigenvalue weighted by Crippen LogP contribution is 2.14. The van der Waals surface area contributed by atoms with E-state index >= 15 is 0 Å². The molecule has 0 saturated carbocycles. The lowest BCUT2D eigenvalue weighted by molar-refractivity contribution is 0.284. The van der Waals surface area contributed by atoms with Crippen molar-refractivity contribution < 1.29 is 4.42 Å². The smallest absolute Gasteiger partial charge is 0.118 e. The molecule has 2 aromatic rings. The van der Waals surface area contributed by atoms with Crippen molar-refractivity contribution in [1.29, 1.82) is 0 Å². The van der Waals surface area contributed by atoms with Gasteiger partial charge in [0.2, 0.25) is 0 Å². The summed E-state index contributed by atoms with van der Waals surface area (Å²) in [7, 11) is 4.13. The van der Waals surface area contributed by atoms with E-state index in [1.54, 1.807) is 0 Å². The zero-order chi connectivity index (χ0) is 14.4. The molecule has 3 heteroatoms. The van der Waals surface area contributed by atoms with E-state index in [-0.39, 0.29) is 0 Å². The van der Waals surface area contributed by atoms with Crippen LogP contribution in [0.4, 0.5) is 0 Å². The topological polar surface area (TPSA) is 28.4 Å². The van der Waals surface area contributed by atoms with E-state index in [1.807, 2.05) is 20.0 Å². The highest BCUT2D eigenvalue weighted by molar-refractivity contribution is 5.27. The summed E-state index contributed by atoms with van der Waals surface area (Å²) < 4.78 is 5.64. The van der Waals surface area contributed by atoms with Crippen molar-refractivity contribution in [2.45, 2.75) is 26.4 Å². The first-order chi connectivity index (χ1) is 9.69. The third-order valence-electron chi connectivity index (χ3n) is 3.42. The predicted octanol–water partition coefficient (Wildman–Crippen LogP) is 2.98. The Morgan fingerprint density at radius 1 is 1.05 bits per heavy atom. The molecule has 1 N–H and O–H groups in total. The standard InChI is InChI=1S/C17H24N2O/c1-14-8-9-17(20-14)13-19(3)12-16-7-5-4-6-15(16)10-11-18-2/h4-9,18H,10-13H2,1-3H3. The van der Waals surface area contributed by atoms with Gasteiger partial charge in [0.1, 0.15) is 11.5 Å². The van der Waals surface area contributed by atoms with Crippen molar-refractivity contribution in [1.82, 2.24) is 10.2 Å². The van der Waals surface area contributed by atoms with Crippen LogP contribution in [0.5, 0.6) is 0 Å². The van der Waals surface area contributed by atoms with Crippen LogP contribution < -0.4 is 5.32 Å². The molecular formula is C17H24N2O. The minimum atomic E-state index is 0.841. The average Bonchev–Trinajstić information content (AvgIpc) is 2.83. The first-order valence-corrected chi connectivity index (χ1v) is 7.14. The van der Waals surface area contributed by atoms with Crippen LogP contribution in [0.3, 0.4) is 0 Å². The number of nitrogens with one attached hydrogen (secondary N) is 1. The van der Waals surface area contributed by atoms with Crippen LogP contribution in [0.1, 0.15) is 22.6 Å². The Morgan fingerprint density at radius 3 is 2.45 bits per heavy atom. The maximum Gasteiger partial charge on any atom is 0.118 e. The molecule has 0 bridgehead atoms. The zero-order valence-electron chi connectivity index (χ0n) is 12.6. The summed E-state index contributed by atoms with van der Waals surface area (Å²) >= 11 is 0. The molecule has 0 unspecified atom stereocenters. The number of benzene rings is 1. The second-order valence-electron chi connectivity index (χ2n) is 5.31. The van der Waals surface area contributed by atoms with Crippen LogP contribution >= 0.6 is 0 Å². The summed E-state index contributed by atoms with van der Waals surface area (Å²) in [6.07, 6.45) is 1.07. The monoisotopic (exact) mass is 272 g/mol. The lowest BCUT2D eigenvalue weighted by Crippen LogP contribution is -2.19. The van der Waals surface area contributed by atoms with Crippen LogP contribution in [-0.2, 0) is 19.5 Å². The summed E-state index contributed by atoms with van der Waals surface area (Å²) in [6.45, 7) is 4.78. The molecule has 0 aliphatic rings. The molecule has 1 aromatic carbocycles. The van der Waals surface area contributed by atoms with Crippen LogP contribution in [-0.4, -0.2) is 25.5 Å². The molecule has 3 nitrogen and oxygen atoms in total. The molecule has 0 radical (unpaired) electrons. The Hall–Kier alpha value is -1.58. The second kappa shape index (κ2) is 7.27. The van der Waals surface area contributed by atoms with Crippen LogP contribution in [0, 0.1) is 6.92 Å². The summed E-state index contributed by atoms with van der Waals surface area (Å²) in [4.78, 5) is 2.29. The molecule has 0 amide bonds. The largest absolute Gasteiger partial charge is 0.465 e. The summed E-state index contributed by atoms with van der Waals surface area (Å²) in [5.74, 6) is 2.00. The van der Waals surface area contributed by atoms with Gasteiger partial charge in [-0.05, 0) is 57.2 Å². The first kappa shape index (κ1) is 14.8. The van der Waals surface area contributed by atoms with Crippen molar-refractivity contribution in [3.05, 3.63) is 59.0 Å². The van der Waals surface area contributed by atoms with Crippen molar-refractivity contribution >= 4 is 0 Å². The molecule has 0 fully saturated rings. The number of nitrogens with zero attached hydrogens (tertiary/aromatic N) is 1. The summed E-state index contributed by atoms with van der Waals surface area (Å²) in [6, 6.07) is 12.7. The van der Waals surface area contributed by atoms with Crippen LogP contribution in [0.15, 0.2) is 40.8 Å². The molecule has 0 aliphatic carbocycles. The average molecular weight is 272 g/mol. The Kier molecular flexibility index (Phi) is 5.39. The fraction of sp³-hybridized carbons (Fsp3) is 0.412. The van der Waals surface area contributed by atoms with Gasteiger partial charge in [0.15, 0.2) is 0 Å². The van der Waals surface area contributed by atoms with Gasteiger partial charge in [-0.25, -0.2) is 0 Å². The SMILES string of the molecule is CNCCc1ccccc1CN(C)Cc1ccc(C)o1. The van der Waals surface area contributed by atoms with Gasteiger partial charge >= 0.3 is 0 Å². The summed E-state index contributed by atoms with van der Waals surface area (Å²) in [5.41, 5.74) is 2.82. The number of likely N-dealkylation sites (N-methyl/N-ethyl adjacent to an activating group) is 1. The third kappa shape index (κ3) is 4.22. The maximum absolute atomic E-state index is 5.64. The number of furan rings is 1. The van der Waals surface area contributed by atoms with Gasteiger partial charge in [0.25, 0.3) is 0 Å². The number of rotatable bonds is 7. The van der Waals surface area contributed by atoms with Crippen molar-refractivity contribution in [2.75, 3.05) is 20.6 Å². The molecule has 0 spiro atoms. The van der Waals surface area contributed by atoms with Crippen LogP contribution in [0.25, 0.3) is 0 Å². The van der Waals surface area contributed by atoms with E-state index in [1.165, 1.54) is 11.1 Å². The lowest BCUT2D eigenvalue weighted by Gasteiger charge is -2.18. The Bertz CT molecular complexity index is 533. The highest BCUT2D eigenvalue weighted by atomic mass is 16.3. The quantitative estimate of drug-likeness (QED) is 0.840. The van der Waals surface area contributed by atoms with E-state index < -0.39 is 0 Å². The van der Waals surface area contributed by atoms with E-state index in [0.717, 1.165) is 37.6 Å². The third-order valence-corrected chi connectivity index (χ3v) is 3.42. The van der Waals surface area contributed by atoms with E-state index in [2.05, 4.69) is 47.6 Å². The van der Waals surface area contributed by atoms with E-state index in [0.29, 0.717) is 0 Å². The number of hydrogen-bond acceptors (Lipinski definition) is 3. The molecule has 1 aromatic heterocycles. The van der Waals surface area contributed by atoms with Crippen molar-refractivity contribution in [2.24, 2.45) is 0 Å². The minimum Gasteiger partial charge on any atom is -0.465 e. The van der Waals surface area contributed by atoms with E-state index in [4.69, 9.17) is 4.42 Å². The highest BCUT2D eigenvalue weighted by Gasteiger charge is 2.07. The molecule has 0 atom stereocenters. The number of hydrogen-bond donors (Lipinski definition) is 1. The van der Waals surface area contributed by atoms with Crippen LogP contribution in [0.2, 0.25) is 0 Å². The molecular weight excluding hydrogens is 248 g/mol. The predicted molar refractivity (Wildman–Crippen MR) is 82.7 cm³/mol. The Morgan fingerprint density at radius 2 is 1.80 bits per heavy atom. The molecule has 2 rings (SSSR count). The first-order valence-electron chi connectivity index (χ1n) is 7.14.